The van der Waals surface area contributed by atoms with E-state index < -0.39 is 23.8 Å². The summed E-state index contributed by atoms with van der Waals surface area (Å²) in [5, 5.41) is 2.54. The van der Waals surface area contributed by atoms with Gasteiger partial charge in [-0.05, 0) is 30.7 Å². The minimum absolute atomic E-state index is 0.0775. The molecule has 2 rings (SSSR count). The van der Waals surface area contributed by atoms with Gasteiger partial charge in [0.2, 0.25) is 0 Å². The largest absolute Gasteiger partial charge is 0.447 e. The van der Waals surface area contributed by atoms with Gasteiger partial charge < -0.3 is 15.8 Å². The number of nitrogens with one attached hydrogen (secondary N) is 1. The van der Waals surface area contributed by atoms with Crippen LogP contribution in [0.4, 0.5) is 15.9 Å². The van der Waals surface area contributed by atoms with Crippen molar-refractivity contribution in [2.24, 2.45) is 0 Å². The van der Waals surface area contributed by atoms with Crippen LogP contribution in [0.3, 0.4) is 0 Å². The Bertz CT molecular complexity index is 706. The molecule has 0 radical (unpaired) electrons. The van der Waals surface area contributed by atoms with Gasteiger partial charge >= 0.3 is 5.97 Å². The molecule has 8 heteroatoms. The third-order valence-corrected chi connectivity index (χ3v) is 2.94. The Kier molecular flexibility index (Phi) is 5.19. The number of nitrogens with two attached hydrogens (primary N) is 1. The minimum atomic E-state index is -1.03. The van der Waals surface area contributed by atoms with Crippen molar-refractivity contribution in [3.05, 3.63) is 48.2 Å². The molecule has 2 aromatic rings. The Hall–Kier alpha value is -3.03. The fourth-order valence-electron chi connectivity index (χ4n) is 1.77. The normalized spacial score (nSPS) is 11.6. The number of nitrogen functional groups attached to an aromatic ring is 1. The number of carbonyl (C=O) groups excluding carboxylic acids is 2. The van der Waals surface area contributed by atoms with Gasteiger partial charge in [0.25, 0.3) is 5.91 Å². The molecule has 1 unspecified atom stereocenters. The highest BCUT2D eigenvalue weighted by Crippen LogP contribution is 2.12. The van der Waals surface area contributed by atoms with E-state index in [1.807, 2.05) is 0 Å². The van der Waals surface area contributed by atoms with Crippen molar-refractivity contribution in [3.63, 3.8) is 0 Å². The lowest BCUT2D eigenvalue weighted by Gasteiger charge is -2.16. The summed E-state index contributed by atoms with van der Waals surface area (Å²) >= 11 is 0. The number of halogens is 1. The number of hydrogen-bond acceptors (Lipinski definition) is 6. The summed E-state index contributed by atoms with van der Waals surface area (Å²) in [4.78, 5) is 31.6. The molecule has 0 bridgehead atoms. The maximum atomic E-state index is 12.8. The summed E-state index contributed by atoms with van der Waals surface area (Å²) in [5.41, 5.74) is 5.78. The molecule has 1 heterocycles. The maximum absolute atomic E-state index is 12.8. The second kappa shape index (κ2) is 7.30. The highest BCUT2D eigenvalue weighted by Gasteiger charge is 2.24. The molecule has 0 saturated carbocycles. The van der Waals surface area contributed by atoms with E-state index in [2.05, 4.69) is 15.3 Å². The van der Waals surface area contributed by atoms with Crippen LogP contribution in [-0.4, -0.2) is 27.9 Å². The van der Waals surface area contributed by atoms with E-state index in [0.717, 1.165) is 0 Å². The molecule has 7 nitrogen and oxygen atoms in total. The Morgan fingerprint density at radius 3 is 2.52 bits per heavy atom. The minimum Gasteiger partial charge on any atom is -0.447 e. The third-order valence-electron chi connectivity index (χ3n) is 2.94. The lowest BCUT2D eigenvalue weighted by atomic mass is 10.2. The maximum Gasteiger partial charge on any atom is 0.361 e. The van der Waals surface area contributed by atoms with Gasteiger partial charge in [0, 0.05) is 18.1 Å². The molecule has 1 atom stereocenters. The van der Waals surface area contributed by atoms with Crippen molar-refractivity contribution >= 4 is 23.4 Å². The molecular weight excluding hydrogens is 303 g/mol. The van der Waals surface area contributed by atoms with Crippen LogP contribution in [-0.2, 0) is 9.53 Å². The van der Waals surface area contributed by atoms with E-state index in [9.17, 15) is 14.0 Å². The first-order chi connectivity index (χ1) is 11.0. The number of carbonyl (C=O) groups is 2. The van der Waals surface area contributed by atoms with Crippen LogP contribution in [0.5, 0.6) is 0 Å². The fourth-order valence-corrected chi connectivity index (χ4v) is 1.77. The molecule has 0 aliphatic rings. The molecule has 0 fully saturated rings. The van der Waals surface area contributed by atoms with Gasteiger partial charge in [-0.25, -0.2) is 19.2 Å². The van der Waals surface area contributed by atoms with E-state index in [-0.39, 0.29) is 17.9 Å². The third kappa shape index (κ3) is 4.22. The van der Waals surface area contributed by atoms with Crippen molar-refractivity contribution < 1.29 is 18.7 Å². The first-order valence-electron chi connectivity index (χ1n) is 6.85. The van der Waals surface area contributed by atoms with Gasteiger partial charge in [0.05, 0.1) is 0 Å². The van der Waals surface area contributed by atoms with E-state index in [4.69, 9.17) is 10.5 Å². The number of esters is 1. The van der Waals surface area contributed by atoms with Gasteiger partial charge in [-0.3, -0.25) is 4.79 Å². The summed E-state index contributed by atoms with van der Waals surface area (Å²) in [7, 11) is 0. The highest BCUT2D eigenvalue weighted by molar-refractivity contribution is 5.98. The van der Waals surface area contributed by atoms with Crippen LogP contribution in [0, 0.1) is 5.82 Å². The number of aromatic nitrogens is 2. The lowest BCUT2D eigenvalue weighted by Crippen LogP contribution is -2.32. The van der Waals surface area contributed by atoms with Gasteiger partial charge in [-0.2, -0.15) is 0 Å². The summed E-state index contributed by atoms with van der Waals surface area (Å²) < 4.78 is 18.0. The summed E-state index contributed by atoms with van der Waals surface area (Å²) in [5.74, 6) is -1.86. The average Bonchev–Trinajstić information content (AvgIpc) is 2.54. The van der Waals surface area contributed by atoms with E-state index in [0.29, 0.717) is 5.69 Å². The highest BCUT2D eigenvalue weighted by atomic mass is 19.1. The molecule has 1 aromatic heterocycles. The Balaban J connectivity index is 2.04. The number of nitrogens with zero attached hydrogens (tertiary/aromatic N) is 2. The second-order valence-corrected chi connectivity index (χ2v) is 4.59. The van der Waals surface area contributed by atoms with Crippen LogP contribution in [0.15, 0.2) is 36.7 Å². The molecule has 1 aromatic carbocycles. The molecule has 0 saturated heterocycles. The van der Waals surface area contributed by atoms with Crippen molar-refractivity contribution in [1.82, 2.24) is 9.97 Å². The molecule has 0 aliphatic heterocycles. The number of anilines is 2. The van der Waals surface area contributed by atoms with Gasteiger partial charge in [-0.15, -0.1) is 0 Å². The quantitative estimate of drug-likeness (QED) is 0.814. The molecule has 1 amide bonds. The molecule has 0 spiro atoms. The summed E-state index contributed by atoms with van der Waals surface area (Å²) in [6.07, 6.45) is 1.85. The van der Waals surface area contributed by atoms with Crippen molar-refractivity contribution in [1.29, 1.82) is 0 Å². The number of amides is 1. The zero-order chi connectivity index (χ0) is 16.8. The Labute approximate surface area is 131 Å². The lowest BCUT2D eigenvalue weighted by molar-refractivity contribution is -0.124. The first kappa shape index (κ1) is 16.3. The van der Waals surface area contributed by atoms with Gasteiger partial charge in [0.15, 0.2) is 17.6 Å². The molecule has 120 valence electrons. The summed E-state index contributed by atoms with van der Waals surface area (Å²) in [6, 6.07) is 5.23. The van der Waals surface area contributed by atoms with Crippen LogP contribution in [0.2, 0.25) is 0 Å². The standard InChI is InChI=1S/C15H15FN4O3/c1-2-11(14(21)20-10-5-3-9(16)4-6-10)23-15(22)12-13(17)19-8-7-18-12/h3-8,11H,2H2,1H3,(H2,17,19)(H,20,21). The van der Waals surface area contributed by atoms with E-state index in [1.54, 1.807) is 6.92 Å². The van der Waals surface area contributed by atoms with Crippen LogP contribution < -0.4 is 11.1 Å². The number of ether oxygens (including phenoxy) is 1. The Morgan fingerprint density at radius 1 is 1.26 bits per heavy atom. The van der Waals surface area contributed by atoms with Gasteiger partial charge in [-0.1, -0.05) is 6.92 Å². The molecular formula is C15H15FN4O3. The number of rotatable bonds is 5. The van der Waals surface area contributed by atoms with Crippen molar-refractivity contribution in [2.45, 2.75) is 19.4 Å². The molecule has 3 N–H and O–H groups in total. The predicted octanol–water partition coefficient (Wildman–Crippen LogP) is 1.77. The SMILES string of the molecule is CCC(OC(=O)c1nccnc1N)C(=O)Nc1ccc(F)cc1. The van der Waals surface area contributed by atoms with Gasteiger partial charge in [0.1, 0.15) is 5.82 Å². The van der Waals surface area contributed by atoms with Crippen molar-refractivity contribution in [3.8, 4) is 0 Å². The van der Waals surface area contributed by atoms with Crippen LogP contribution in [0.25, 0.3) is 0 Å². The molecule has 0 aliphatic carbocycles. The van der Waals surface area contributed by atoms with Crippen LogP contribution in [0.1, 0.15) is 23.8 Å². The average molecular weight is 318 g/mol. The first-order valence-corrected chi connectivity index (χ1v) is 6.85. The monoisotopic (exact) mass is 318 g/mol. The van der Waals surface area contributed by atoms with E-state index in [1.165, 1.54) is 36.7 Å². The molecule has 23 heavy (non-hydrogen) atoms. The second-order valence-electron chi connectivity index (χ2n) is 4.59. The van der Waals surface area contributed by atoms with Crippen molar-refractivity contribution in [2.75, 3.05) is 11.1 Å². The topological polar surface area (TPSA) is 107 Å². The Morgan fingerprint density at radius 2 is 1.91 bits per heavy atom. The number of benzene rings is 1. The number of hydrogen-bond donors (Lipinski definition) is 2. The zero-order valence-corrected chi connectivity index (χ0v) is 12.3. The summed E-state index contributed by atoms with van der Waals surface area (Å²) in [6.45, 7) is 1.68. The fraction of sp³-hybridized carbons (Fsp3) is 0.200. The smallest absolute Gasteiger partial charge is 0.361 e. The predicted molar refractivity (Wildman–Crippen MR) is 81.0 cm³/mol. The van der Waals surface area contributed by atoms with E-state index >= 15 is 0 Å². The zero-order valence-electron chi connectivity index (χ0n) is 12.3. The van der Waals surface area contributed by atoms with Crippen LogP contribution >= 0.6 is 0 Å².